The summed E-state index contributed by atoms with van der Waals surface area (Å²) in [5.41, 5.74) is 6.00. The van der Waals surface area contributed by atoms with Crippen LogP contribution in [0.3, 0.4) is 0 Å². The molecule has 2 N–H and O–H groups in total. The number of aromatic nitrogens is 2. The molecule has 8 nitrogen and oxygen atoms in total. The van der Waals surface area contributed by atoms with Crippen LogP contribution in [0, 0.1) is 10.1 Å². The second-order valence-electron chi connectivity index (χ2n) is 6.91. The van der Waals surface area contributed by atoms with Gasteiger partial charge in [-0.25, -0.2) is 9.97 Å². The molecular formula is C21H18BrN5O3. The molecule has 0 radical (unpaired) electrons. The molecule has 152 valence electrons. The van der Waals surface area contributed by atoms with Gasteiger partial charge < -0.3 is 5.11 Å². The Labute approximate surface area is 181 Å². The lowest BCUT2D eigenvalue weighted by Gasteiger charge is -2.18. The van der Waals surface area contributed by atoms with Crippen molar-refractivity contribution in [2.45, 2.75) is 25.7 Å². The topological polar surface area (TPSA) is 114 Å². The molecule has 0 amide bonds. The molecule has 0 aliphatic heterocycles. The lowest BCUT2D eigenvalue weighted by molar-refractivity contribution is -0.384. The third kappa shape index (κ3) is 4.30. The Balaban J connectivity index is 1.66. The fourth-order valence-corrected chi connectivity index (χ4v) is 3.60. The van der Waals surface area contributed by atoms with Crippen molar-refractivity contribution in [1.82, 2.24) is 9.97 Å². The highest BCUT2D eigenvalue weighted by Crippen LogP contribution is 2.29. The number of phenols is 1. The standard InChI is InChI=1S/C21H18BrN5O3/c22-15-7-5-13(6-8-15)20-24-18-4-2-1-3-17(18)21(25-20)26-23-12-14-11-16(27(29)30)9-10-19(14)28/h5-12,28H,1-4H2,(H,24,25,26)/b23-12+. The lowest BCUT2D eigenvalue weighted by atomic mass is 9.96. The van der Waals surface area contributed by atoms with Gasteiger partial charge in [-0.1, -0.05) is 28.1 Å². The predicted molar refractivity (Wildman–Crippen MR) is 118 cm³/mol. The first-order chi connectivity index (χ1) is 14.5. The van der Waals surface area contributed by atoms with Crippen LogP contribution in [0.4, 0.5) is 11.5 Å². The van der Waals surface area contributed by atoms with Crippen molar-refractivity contribution in [2.24, 2.45) is 5.10 Å². The number of nitrogens with zero attached hydrogens (tertiary/aromatic N) is 4. The van der Waals surface area contributed by atoms with E-state index in [0.717, 1.165) is 47.0 Å². The molecule has 0 fully saturated rings. The van der Waals surface area contributed by atoms with E-state index in [2.05, 4.69) is 31.4 Å². The summed E-state index contributed by atoms with van der Waals surface area (Å²) in [6, 6.07) is 11.6. The summed E-state index contributed by atoms with van der Waals surface area (Å²) in [6.07, 6.45) is 5.21. The van der Waals surface area contributed by atoms with Crippen LogP contribution in [-0.4, -0.2) is 26.2 Å². The number of halogens is 1. The number of phenolic OH excluding ortho intramolecular Hbond substituents is 1. The maximum Gasteiger partial charge on any atom is 0.270 e. The zero-order valence-corrected chi connectivity index (χ0v) is 17.5. The van der Waals surface area contributed by atoms with Gasteiger partial charge in [-0.3, -0.25) is 15.5 Å². The van der Waals surface area contributed by atoms with Crippen molar-refractivity contribution >= 4 is 33.6 Å². The van der Waals surface area contributed by atoms with Crippen molar-refractivity contribution < 1.29 is 10.0 Å². The average Bonchev–Trinajstić information content (AvgIpc) is 2.75. The highest BCUT2D eigenvalue weighted by atomic mass is 79.9. The predicted octanol–water partition coefficient (Wildman–Crippen LogP) is 4.84. The highest BCUT2D eigenvalue weighted by Gasteiger charge is 2.18. The summed E-state index contributed by atoms with van der Waals surface area (Å²) < 4.78 is 0.976. The molecule has 0 spiro atoms. The van der Waals surface area contributed by atoms with Crippen LogP contribution >= 0.6 is 15.9 Å². The zero-order chi connectivity index (χ0) is 21.1. The van der Waals surface area contributed by atoms with Gasteiger partial charge in [-0.15, -0.1) is 0 Å². The molecular weight excluding hydrogens is 450 g/mol. The molecule has 0 saturated carbocycles. The Morgan fingerprint density at radius 3 is 2.67 bits per heavy atom. The number of anilines is 1. The van der Waals surface area contributed by atoms with Crippen LogP contribution in [0.2, 0.25) is 0 Å². The Morgan fingerprint density at radius 2 is 1.90 bits per heavy atom. The summed E-state index contributed by atoms with van der Waals surface area (Å²) in [5.74, 6) is 1.13. The second-order valence-corrected chi connectivity index (χ2v) is 7.82. The number of fused-ring (bicyclic) bond motifs is 1. The molecule has 1 heterocycles. The van der Waals surface area contributed by atoms with Gasteiger partial charge in [0.2, 0.25) is 0 Å². The smallest absolute Gasteiger partial charge is 0.270 e. The van der Waals surface area contributed by atoms with Crippen LogP contribution in [0.5, 0.6) is 5.75 Å². The van der Waals surface area contributed by atoms with E-state index in [1.165, 1.54) is 24.4 Å². The van der Waals surface area contributed by atoms with E-state index in [1.807, 2.05) is 24.3 Å². The van der Waals surface area contributed by atoms with Gasteiger partial charge >= 0.3 is 0 Å². The SMILES string of the molecule is O=[N+]([O-])c1ccc(O)c(/C=N/Nc2nc(-c3ccc(Br)cc3)nc3c2CCCC3)c1. The minimum atomic E-state index is -0.518. The zero-order valence-electron chi connectivity index (χ0n) is 15.9. The number of non-ortho nitro benzene ring substituents is 1. The fourth-order valence-electron chi connectivity index (χ4n) is 3.34. The molecule has 2 aromatic carbocycles. The summed E-state index contributed by atoms with van der Waals surface area (Å²) in [6.45, 7) is 0. The molecule has 1 aliphatic rings. The Kier molecular flexibility index (Phi) is 5.71. The molecule has 9 heteroatoms. The summed E-state index contributed by atoms with van der Waals surface area (Å²) in [5, 5.41) is 25.1. The Morgan fingerprint density at radius 1 is 1.13 bits per heavy atom. The van der Waals surface area contributed by atoms with Crippen LogP contribution in [-0.2, 0) is 12.8 Å². The van der Waals surface area contributed by atoms with Gasteiger partial charge in [0.15, 0.2) is 11.6 Å². The first kappa shape index (κ1) is 20.0. The minimum absolute atomic E-state index is 0.0913. The highest BCUT2D eigenvalue weighted by molar-refractivity contribution is 9.10. The van der Waals surface area contributed by atoms with E-state index in [4.69, 9.17) is 4.98 Å². The van der Waals surface area contributed by atoms with Crippen LogP contribution in [0.25, 0.3) is 11.4 Å². The monoisotopic (exact) mass is 467 g/mol. The first-order valence-corrected chi connectivity index (χ1v) is 10.2. The van der Waals surface area contributed by atoms with Gasteiger partial charge in [-0.05, 0) is 43.9 Å². The number of aromatic hydroxyl groups is 1. The van der Waals surface area contributed by atoms with Crippen LogP contribution in [0.15, 0.2) is 52.0 Å². The summed E-state index contributed by atoms with van der Waals surface area (Å²) in [4.78, 5) is 19.9. The third-order valence-electron chi connectivity index (χ3n) is 4.88. The Bertz CT molecular complexity index is 1130. The second kappa shape index (κ2) is 8.58. The van der Waals surface area contributed by atoms with Crippen molar-refractivity contribution in [3.63, 3.8) is 0 Å². The van der Waals surface area contributed by atoms with Crippen molar-refractivity contribution in [3.8, 4) is 17.1 Å². The number of benzene rings is 2. The van der Waals surface area contributed by atoms with E-state index in [-0.39, 0.29) is 17.0 Å². The lowest BCUT2D eigenvalue weighted by Crippen LogP contribution is -2.12. The molecule has 1 aromatic heterocycles. The van der Waals surface area contributed by atoms with Gasteiger partial charge in [-0.2, -0.15) is 5.10 Å². The number of nitrogens with one attached hydrogen (secondary N) is 1. The minimum Gasteiger partial charge on any atom is -0.507 e. The van der Waals surface area contributed by atoms with E-state index in [9.17, 15) is 15.2 Å². The molecule has 0 atom stereocenters. The molecule has 30 heavy (non-hydrogen) atoms. The van der Waals surface area contributed by atoms with Gasteiger partial charge in [0.05, 0.1) is 11.1 Å². The van der Waals surface area contributed by atoms with Crippen molar-refractivity contribution in [1.29, 1.82) is 0 Å². The van der Waals surface area contributed by atoms with E-state index >= 15 is 0 Å². The molecule has 4 rings (SSSR count). The van der Waals surface area contributed by atoms with Gasteiger partial charge in [0, 0.05) is 39.0 Å². The van der Waals surface area contributed by atoms with Crippen LogP contribution in [0.1, 0.15) is 29.7 Å². The first-order valence-electron chi connectivity index (χ1n) is 9.43. The summed E-state index contributed by atoms with van der Waals surface area (Å²) >= 11 is 3.43. The number of hydrazone groups is 1. The maximum absolute atomic E-state index is 11.0. The fraction of sp³-hybridized carbons (Fsp3) is 0.190. The van der Waals surface area contributed by atoms with Gasteiger partial charge in [0.25, 0.3) is 5.69 Å². The van der Waals surface area contributed by atoms with Crippen molar-refractivity contribution in [3.05, 3.63) is 73.9 Å². The number of nitro benzene ring substituents is 1. The summed E-state index contributed by atoms with van der Waals surface area (Å²) in [7, 11) is 0. The third-order valence-corrected chi connectivity index (χ3v) is 5.41. The van der Waals surface area contributed by atoms with E-state index < -0.39 is 4.92 Å². The molecule has 0 bridgehead atoms. The molecule has 3 aromatic rings. The van der Waals surface area contributed by atoms with E-state index in [1.54, 1.807) is 0 Å². The quantitative estimate of drug-likeness (QED) is 0.315. The number of aryl methyl sites for hydroxylation is 1. The van der Waals surface area contributed by atoms with Crippen molar-refractivity contribution in [2.75, 3.05) is 5.43 Å². The average molecular weight is 468 g/mol. The Hall–Kier alpha value is -3.33. The number of hydrogen-bond donors (Lipinski definition) is 2. The largest absolute Gasteiger partial charge is 0.507 e. The number of hydrogen-bond acceptors (Lipinski definition) is 7. The molecule has 0 unspecified atom stereocenters. The maximum atomic E-state index is 11.0. The normalized spacial score (nSPS) is 13.2. The number of nitro groups is 1. The van der Waals surface area contributed by atoms with Crippen LogP contribution < -0.4 is 5.43 Å². The number of rotatable bonds is 5. The van der Waals surface area contributed by atoms with E-state index in [0.29, 0.717) is 11.6 Å². The molecule has 1 aliphatic carbocycles. The van der Waals surface area contributed by atoms with Gasteiger partial charge in [0.1, 0.15) is 5.75 Å². The molecule has 0 saturated heterocycles.